The fourth-order valence-corrected chi connectivity index (χ4v) is 2.83. The van der Waals surface area contributed by atoms with Gasteiger partial charge in [0.25, 0.3) is 5.91 Å². The molecule has 1 aromatic rings. The van der Waals surface area contributed by atoms with Gasteiger partial charge in [0.05, 0.1) is 5.56 Å². The second-order valence-electron chi connectivity index (χ2n) is 5.03. The number of carbonyl (C=O) groups excluding carboxylic acids is 1. The van der Waals surface area contributed by atoms with Crippen molar-refractivity contribution in [2.45, 2.75) is 39.2 Å². The van der Waals surface area contributed by atoms with Gasteiger partial charge in [-0.15, -0.1) is 0 Å². The van der Waals surface area contributed by atoms with E-state index in [-0.39, 0.29) is 17.5 Å². The number of halogens is 1. The van der Waals surface area contributed by atoms with Crippen molar-refractivity contribution >= 4 is 5.91 Å². The zero-order valence-corrected chi connectivity index (χ0v) is 10.8. The van der Waals surface area contributed by atoms with E-state index in [9.17, 15) is 9.18 Å². The van der Waals surface area contributed by atoms with Gasteiger partial charge in [0.2, 0.25) is 5.95 Å². The highest BCUT2D eigenvalue weighted by Crippen LogP contribution is 2.33. The maximum absolute atomic E-state index is 13.4. The summed E-state index contributed by atoms with van der Waals surface area (Å²) in [6, 6.07) is 3.20. The maximum atomic E-state index is 13.4. The molecule has 1 fully saturated rings. The number of carbonyl (C=O) groups is 1. The monoisotopic (exact) mass is 250 g/mol. The fraction of sp³-hybridized carbons (Fsp3) is 0.571. The summed E-state index contributed by atoms with van der Waals surface area (Å²) in [5.74, 6) is 0.0645. The Morgan fingerprint density at radius 3 is 2.94 bits per heavy atom. The molecule has 1 saturated carbocycles. The van der Waals surface area contributed by atoms with Gasteiger partial charge in [-0.05, 0) is 36.8 Å². The first-order valence-electron chi connectivity index (χ1n) is 6.54. The lowest BCUT2D eigenvalue weighted by molar-refractivity contribution is 0.0921. The van der Waals surface area contributed by atoms with E-state index >= 15 is 0 Å². The SMILES string of the molecule is CCC1CCC(NC(=O)c2cccnc2F)C1C. The Morgan fingerprint density at radius 1 is 1.56 bits per heavy atom. The van der Waals surface area contributed by atoms with E-state index in [1.807, 2.05) is 0 Å². The number of nitrogens with zero attached hydrogens (tertiary/aromatic N) is 1. The summed E-state index contributed by atoms with van der Waals surface area (Å²) in [6.45, 7) is 4.33. The fourth-order valence-electron chi connectivity index (χ4n) is 2.83. The number of hydrogen-bond donors (Lipinski definition) is 1. The van der Waals surface area contributed by atoms with Crippen molar-refractivity contribution in [3.8, 4) is 0 Å². The van der Waals surface area contributed by atoms with Crippen LogP contribution in [0.5, 0.6) is 0 Å². The normalized spacial score (nSPS) is 27.2. The van der Waals surface area contributed by atoms with Crippen LogP contribution in [0.3, 0.4) is 0 Å². The molecular formula is C14H19FN2O. The van der Waals surface area contributed by atoms with Crippen LogP contribution in [0.25, 0.3) is 0 Å². The van der Waals surface area contributed by atoms with Crippen molar-refractivity contribution in [3.05, 3.63) is 29.8 Å². The lowest BCUT2D eigenvalue weighted by Crippen LogP contribution is -2.38. The number of nitrogens with one attached hydrogen (secondary N) is 1. The number of rotatable bonds is 3. The largest absolute Gasteiger partial charge is 0.349 e. The average molecular weight is 250 g/mol. The highest BCUT2D eigenvalue weighted by Gasteiger charge is 2.32. The predicted molar refractivity (Wildman–Crippen MR) is 67.6 cm³/mol. The second kappa shape index (κ2) is 5.46. The van der Waals surface area contributed by atoms with E-state index in [1.165, 1.54) is 12.3 Å². The minimum atomic E-state index is -0.701. The molecule has 0 aliphatic heterocycles. The first-order chi connectivity index (χ1) is 8.63. The molecule has 2 rings (SSSR count). The van der Waals surface area contributed by atoms with Crippen molar-refractivity contribution < 1.29 is 9.18 Å². The van der Waals surface area contributed by atoms with Gasteiger partial charge >= 0.3 is 0 Å². The van der Waals surface area contributed by atoms with Crippen LogP contribution < -0.4 is 5.32 Å². The summed E-state index contributed by atoms with van der Waals surface area (Å²) in [5.41, 5.74) is 0.0321. The van der Waals surface area contributed by atoms with E-state index in [1.54, 1.807) is 6.07 Å². The van der Waals surface area contributed by atoms with Crippen LogP contribution in [0.4, 0.5) is 4.39 Å². The van der Waals surface area contributed by atoms with Gasteiger partial charge in [-0.1, -0.05) is 20.3 Å². The lowest BCUT2D eigenvalue weighted by Gasteiger charge is -2.21. The van der Waals surface area contributed by atoms with Crippen molar-refractivity contribution in [2.24, 2.45) is 11.8 Å². The highest BCUT2D eigenvalue weighted by atomic mass is 19.1. The Hall–Kier alpha value is -1.45. The number of aromatic nitrogens is 1. The van der Waals surface area contributed by atoms with Crippen LogP contribution >= 0.6 is 0 Å². The van der Waals surface area contributed by atoms with Crippen LogP contribution in [0.1, 0.15) is 43.5 Å². The van der Waals surface area contributed by atoms with Gasteiger partial charge < -0.3 is 5.32 Å². The van der Waals surface area contributed by atoms with E-state index in [4.69, 9.17) is 0 Å². The summed E-state index contributed by atoms with van der Waals surface area (Å²) in [5, 5.41) is 2.93. The third-order valence-electron chi connectivity index (χ3n) is 4.07. The minimum Gasteiger partial charge on any atom is -0.349 e. The van der Waals surface area contributed by atoms with Gasteiger partial charge in [0, 0.05) is 12.2 Å². The molecule has 1 N–H and O–H groups in total. The topological polar surface area (TPSA) is 42.0 Å². The molecule has 1 amide bonds. The van der Waals surface area contributed by atoms with Crippen molar-refractivity contribution in [1.29, 1.82) is 0 Å². The van der Waals surface area contributed by atoms with Crippen LogP contribution in [-0.4, -0.2) is 16.9 Å². The smallest absolute Gasteiger partial charge is 0.256 e. The Morgan fingerprint density at radius 2 is 2.33 bits per heavy atom. The number of hydrogen-bond acceptors (Lipinski definition) is 2. The molecule has 18 heavy (non-hydrogen) atoms. The molecule has 3 atom stereocenters. The molecule has 4 heteroatoms. The summed E-state index contributed by atoms with van der Waals surface area (Å²) < 4.78 is 13.4. The quantitative estimate of drug-likeness (QED) is 0.838. The molecule has 0 saturated heterocycles. The van der Waals surface area contributed by atoms with E-state index in [0.29, 0.717) is 11.8 Å². The van der Waals surface area contributed by atoms with Crippen LogP contribution in [0.2, 0.25) is 0 Å². The van der Waals surface area contributed by atoms with Crippen molar-refractivity contribution in [1.82, 2.24) is 10.3 Å². The van der Waals surface area contributed by atoms with Crippen LogP contribution in [-0.2, 0) is 0 Å². The molecule has 1 heterocycles. The van der Waals surface area contributed by atoms with Gasteiger partial charge in [0.1, 0.15) is 0 Å². The molecule has 98 valence electrons. The molecule has 3 nitrogen and oxygen atoms in total. The first kappa shape index (κ1) is 13.0. The summed E-state index contributed by atoms with van der Waals surface area (Å²) in [6.07, 6.45) is 4.59. The Labute approximate surface area is 107 Å². The Kier molecular flexibility index (Phi) is 3.94. The van der Waals surface area contributed by atoms with Gasteiger partial charge in [-0.3, -0.25) is 4.79 Å². The van der Waals surface area contributed by atoms with Gasteiger partial charge in [0.15, 0.2) is 0 Å². The molecule has 1 aliphatic rings. The molecule has 3 unspecified atom stereocenters. The van der Waals surface area contributed by atoms with E-state index < -0.39 is 5.95 Å². The molecule has 1 aromatic heterocycles. The average Bonchev–Trinajstić information content (AvgIpc) is 2.71. The predicted octanol–water partition coefficient (Wildman–Crippen LogP) is 2.78. The second-order valence-corrected chi connectivity index (χ2v) is 5.03. The Balaban J connectivity index is 2.03. The van der Waals surface area contributed by atoms with Gasteiger partial charge in [-0.25, -0.2) is 4.98 Å². The van der Waals surface area contributed by atoms with Gasteiger partial charge in [-0.2, -0.15) is 4.39 Å². The van der Waals surface area contributed by atoms with E-state index in [2.05, 4.69) is 24.1 Å². The maximum Gasteiger partial charge on any atom is 0.256 e. The number of amides is 1. The molecule has 0 spiro atoms. The van der Waals surface area contributed by atoms with Crippen molar-refractivity contribution in [2.75, 3.05) is 0 Å². The summed E-state index contributed by atoms with van der Waals surface area (Å²) >= 11 is 0. The summed E-state index contributed by atoms with van der Waals surface area (Å²) in [7, 11) is 0. The van der Waals surface area contributed by atoms with Crippen molar-refractivity contribution in [3.63, 3.8) is 0 Å². The Bertz CT molecular complexity index is 436. The first-order valence-corrected chi connectivity index (χ1v) is 6.54. The third kappa shape index (κ3) is 2.52. The number of pyridine rings is 1. The zero-order chi connectivity index (χ0) is 13.1. The standard InChI is InChI=1S/C14H19FN2O/c1-3-10-6-7-12(9(10)2)17-14(18)11-5-4-8-16-13(11)15/h4-5,8-10,12H,3,6-7H2,1-2H3,(H,17,18). The third-order valence-corrected chi connectivity index (χ3v) is 4.07. The molecule has 1 aliphatic carbocycles. The van der Waals surface area contributed by atoms with Crippen LogP contribution in [0, 0.1) is 17.8 Å². The lowest BCUT2D eigenvalue weighted by atomic mass is 9.93. The zero-order valence-electron chi connectivity index (χ0n) is 10.8. The summed E-state index contributed by atoms with van der Waals surface area (Å²) in [4.78, 5) is 15.5. The minimum absolute atomic E-state index is 0.0321. The van der Waals surface area contributed by atoms with Crippen LogP contribution in [0.15, 0.2) is 18.3 Å². The highest BCUT2D eigenvalue weighted by molar-refractivity contribution is 5.94. The van der Waals surface area contributed by atoms with E-state index in [0.717, 1.165) is 19.3 Å². The molecule has 0 radical (unpaired) electrons. The molecule has 0 aromatic carbocycles. The molecular weight excluding hydrogens is 231 g/mol. The molecule has 0 bridgehead atoms.